The number of hydrogen-bond acceptors (Lipinski definition) is 1. The van der Waals surface area contributed by atoms with Gasteiger partial charge in [0.05, 0.1) is 0 Å². The lowest BCUT2D eigenvalue weighted by atomic mass is 9.84. The van der Waals surface area contributed by atoms with Crippen molar-refractivity contribution in [3.63, 3.8) is 0 Å². The maximum Gasteiger partial charge on any atom is 0.245 e. The molecular weight excluding hydrogens is 569 g/mol. The number of benzene rings is 4. The van der Waals surface area contributed by atoms with Gasteiger partial charge in [0, 0.05) is 33.4 Å². The topological polar surface area (TPSA) is 6.25 Å². The van der Waals surface area contributed by atoms with Crippen LogP contribution in [0.4, 0.5) is 11.4 Å². The zero-order valence-corrected chi connectivity index (χ0v) is 31.2. The van der Waals surface area contributed by atoms with E-state index < -0.39 is 0 Å². The van der Waals surface area contributed by atoms with Crippen molar-refractivity contribution in [3.05, 3.63) is 129 Å². The Kier molecular flexibility index (Phi) is 10.5. The highest BCUT2D eigenvalue weighted by Crippen LogP contribution is 2.51. The van der Waals surface area contributed by atoms with Crippen molar-refractivity contribution in [2.45, 2.75) is 131 Å². The van der Waals surface area contributed by atoms with Crippen LogP contribution in [0, 0.1) is 0 Å². The summed E-state index contributed by atoms with van der Waals surface area (Å²) in [5.74, 6) is 2.50. The molecule has 4 aromatic rings. The minimum atomic E-state index is 0.0864. The molecule has 47 heavy (non-hydrogen) atoms. The molecule has 4 aromatic carbocycles. The van der Waals surface area contributed by atoms with Crippen molar-refractivity contribution in [1.29, 1.82) is 0 Å². The third-order valence-corrected chi connectivity index (χ3v) is 10.1. The van der Waals surface area contributed by atoms with E-state index in [1.807, 2.05) is 0 Å². The van der Waals surface area contributed by atoms with E-state index in [9.17, 15) is 0 Å². The molecule has 0 fully saturated rings. The molecule has 0 aromatic heterocycles. The molecule has 0 spiro atoms. The van der Waals surface area contributed by atoms with Gasteiger partial charge in [0.25, 0.3) is 0 Å². The second-order valence-electron chi connectivity index (χ2n) is 15.7. The Morgan fingerprint density at radius 1 is 0.468 bits per heavy atom. The normalized spacial score (nSPS) is 16.9. The monoisotopic (exact) mass is 627 g/mol. The van der Waals surface area contributed by atoms with Crippen molar-refractivity contribution in [2.75, 3.05) is 4.90 Å². The fraction of sp³-hybridized carbons (Fsp3) is 0.444. The molecule has 0 radical (unpaired) electrons. The predicted molar refractivity (Wildman–Crippen MR) is 204 cm³/mol. The minimum absolute atomic E-state index is 0.0864. The average molecular weight is 628 g/mol. The molecule has 0 aliphatic carbocycles. The smallest absolute Gasteiger partial charge is 0.221 e. The molecule has 0 N–H and O–H groups in total. The quantitative estimate of drug-likeness (QED) is 0.159. The zero-order valence-electron chi connectivity index (χ0n) is 31.2. The number of rotatable bonds is 10. The number of hydrogen-bond donors (Lipinski definition) is 0. The molecule has 0 saturated heterocycles. The molecule has 1 aliphatic rings. The first kappa shape index (κ1) is 34.7. The Morgan fingerprint density at radius 3 is 1.23 bits per heavy atom. The van der Waals surface area contributed by atoms with Crippen LogP contribution < -0.4 is 4.90 Å². The third-order valence-electron chi connectivity index (χ3n) is 10.1. The van der Waals surface area contributed by atoms with Crippen LogP contribution in [0.5, 0.6) is 0 Å². The SMILES string of the molecule is CC(C)c1cc(C(C)C)c(N2C=[N+](c3c(C(C)C)cc(C(C)C)cc3C(C)C)[C@@H](c3ccccc3)C2c2ccccc2)c(C(C)C)c1. The summed E-state index contributed by atoms with van der Waals surface area (Å²) in [7, 11) is 0. The van der Waals surface area contributed by atoms with Crippen molar-refractivity contribution < 1.29 is 4.58 Å². The average Bonchev–Trinajstić information content (AvgIpc) is 3.43. The highest BCUT2D eigenvalue weighted by atomic mass is 15.3. The van der Waals surface area contributed by atoms with Crippen LogP contribution in [0.25, 0.3) is 0 Å². The molecular formula is C45H59N2+. The molecule has 5 rings (SSSR count). The van der Waals surface area contributed by atoms with Crippen LogP contribution in [-0.2, 0) is 0 Å². The van der Waals surface area contributed by atoms with E-state index in [0.717, 1.165) is 0 Å². The maximum atomic E-state index is 2.67. The van der Waals surface area contributed by atoms with Gasteiger partial charge in [-0.05, 0) is 46.6 Å². The third kappa shape index (κ3) is 6.85. The molecule has 1 heterocycles. The van der Waals surface area contributed by atoms with E-state index in [1.165, 1.54) is 55.9 Å². The fourth-order valence-corrected chi connectivity index (χ4v) is 7.39. The van der Waals surface area contributed by atoms with E-state index >= 15 is 0 Å². The Labute approximate surface area is 286 Å². The van der Waals surface area contributed by atoms with Crippen molar-refractivity contribution in [3.8, 4) is 0 Å². The molecule has 0 bridgehead atoms. The van der Waals surface area contributed by atoms with Crippen molar-refractivity contribution >= 4 is 17.7 Å². The summed E-state index contributed by atoms with van der Waals surface area (Å²) < 4.78 is 2.67. The van der Waals surface area contributed by atoms with Gasteiger partial charge in [0.2, 0.25) is 6.34 Å². The van der Waals surface area contributed by atoms with Gasteiger partial charge in [-0.2, -0.15) is 0 Å². The van der Waals surface area contributed by atoms with Gasteiger partial charge in [0.1, 0.15) is 11.4 Å². The van der Waals surface area contributed by atoms with Gasteiger partial charge in [-0.1, -0.05) is 168 Å². The summed E-state index contributed by atoms with van der Waals surface area (Å²) in [5, 5.41) is 0. The second kappa shape index (κ2) is 14.2. The molecule has 2 heteroatoms. The first-order chi connectivity index (χ1) is 22.3. The Morgan fingerprint density at radius 2 is 0.851 bits per heavy atom. The summed E-state index contributed by atoms with van der Waals surface area (Å²) in [6.45, 7) is 28.2. The summed E-state index contributed by atoms with van der Waals surface area (Å²) in [6, 6.07) is 32.7. The lowest BCUT2D eigenvalue weighted by molar-refractivity contribution is -0.482. The Bertz CT molecular complexity index is 1630. The summed E-state index contributed by atoms with van der Waals surface area (Å²) in [5.41, 5.74) is 14.1. The highest BCUT2D eigenvalue weighted by molar-refractivity contribution is 5.85. The first-order valence-electron chi connectivity index (χ1n) is 18.2. The van der Waals surface area contributed by atoms with E-state index in [-0.39, 0.29) is 12.1 Å². The van der Waals surface area contributed by atoms with Gasteiger partial charge >= 0.3 is 0 Å². The second-order valence-corrected chi connectivity index (χ2v) is 15.7. The molecule has 1 unspecified atom stereocenters. The summed E-state index contributed by atoms with van der Waals surface area (Å²) in [6.07, 6.45) is 2.50. The Balaban J connectivity index is 1.94. The van der Waals surface area contributed by atoms with Crippen LogP contribution in [0.1, 0.15) is 175 Å². The Hall–Kier alpha value is -3.65. The molecule has 0 amide bonds. The van der Waals surface area contributed by atoms with E-state index in [0.29, 0.717) is 35.5 Å². The maximum absolute atomic E-state index is 2.67. The van der Waals surface area contributed by atoms with Gasteiger partial charge in [0.15, 0.2) is 12.1 Å². The van der Waals surface area contributed by atoms with Crippen molar-refractivity contribution in [1.82, 2.24) is 0 Å². The number of anilines is 1. The van der Waals surface area contributed by atoms with E-state index in [1.54, 1.807) is 0 Å². The van der Waals surface area contributed by atoms with Gasteiger partial charge in [-0.25, -0.2) is 9.48 Å². The minimum Gasteiger partial charge on any atom is -0.221 e. The van der Waals surface area contributed by atoms with Crippen molar-refractivity contribution in [2.24, 2.45) is 0 Å². The van der Waals surface area contributed by atoms with Crippen LogP contribution in [0.2, 0.25) is 0 Å². The lowest BCUT2D eigenvalue weighted by Crippen LogP contribution is -2.28. The van der Waals surface area contributed by atoms with Gasteiger partial charge in [-0.15, -0.1) is 0 Å². The van der Waals surface area contributed by atoms with Gasteiger partial charge < -0.3 is 0 Å². The summed E-state index contributed by atoms with van der Waals surface area (Å²) >= 11 is 0. The zero-order chi connectivity index (χ0) is 34.2. The largest absolute Gasteiger partial charge is 0.245 e. The molecule has 0 saturated carbocycles. The lowest BCUT2D eigenvalue weighted by Gasteiger charge is -2.30. The van der Waals surface area contributed by atoms with E-state index in [4.69, 9.17) is 0 Å². The van der Waals surface area contributed by atoms with Crippen LogP contribution in [-0.4, -0.2) is 10.9 Å². The fourth-order valence-electron chi connectivity index (χ4n) is 7.39. The highest BCUT2D eigenvalue weighted by Gasteiger charge is 2.48. The predicted octanol–water partition coefficient (Wildman–Crippen LogP) is 13.1. The number of nitrogens with zero attached hydrogens (tertiary/aromatic N) is 2. The molecule has 2 atom stereocenters. The standard InChI is InChI=1S/C45H59N2/c1-28(2)36-23-38(30(5)6)44(39(24-36)31(7)8)46-27-47(45-40(32(9)10)25-37(29(3)4)26-41(45)33(11)12)43(35-21-17-14-18-22-35)42(46)34-19-15-13-16-20-34/h13-33,42-43H,1-12H3/q+1/t42-,43?/m0/s1. The van der Waals surface area contributed by atoms with Crippen LogP contribution in [0.3, 0.4) is 0 Å². The molecule has 1 aliphatic heterocycles. The molecule has 248 valence electrons. The van der Waals surface area contributed by atoms with Gasteiger partial charge in [-0.3, -0.25) is 0 Å². The van der Waals surface area contributed by atoms with E-state index in [2.05, 4.69) is 184 Å². The van der Waals surface area contributed by atoms with Crippen LogP contribution >= 0.6 is 0 Å². The van der Waals surface area contributed by atoms with Crippen LogP contribution in [0.15, 0.2) is 84.9 Å². The first-order valence-corrected chi connectivity index (χ1v) is 18.2. The molecule has 2 nitrogen and oxygen atoms in total. The summed E-state index contributed by atoms with van der Waals surface area (Å²) in [4.78, 5) is 2.67.